The lowest BCUT2D eigenvalue weighted by atomic mass is 10.1. The number of ether oxygens (including phenoxy) is 2. The zero-order chi connectivity index (χ0) is 12.7. The first-order valence-electron chi connectivity index (χ1n) is 5.52. The van der Waals surface area contributed by atoms with Crippen LogP contribution >= 0.6 is 15.9 Å². The average Bonchev–Trinajstić information content (AvgIpc) is 2.93. The molecule has 1 aliphatic heterocycles. The Balaban J connectivity index is 2.10. The van der Waals surface area contributed by atoms with Gasteiger partial charge in [-0.25, -0.2) is 0 Å². The highest BCUT2D eigenvalue weighted by atomic mass is 79.9. The van der Waals surface area contributed by atoms with Gasteiger partial charge in [0.15, 0.2) is 11.5 Å². The molecule has 0 amide bonds. The number of benzene rings is 1. The summed E-state index contributed by atoms with van der Waals surface area (Å²) in [4.78, 5) is 0. The molecule has 3 rings (SSSR count). The molecule has 0 unspecified atom stereocenters. The van der Waals surface area contributed by atoms with Gasteiger partial charge >= 0.3 is 0 Å². The molecule has 0 spiro atoms. The number of aryl methyl sites for hydroxylation is 1. The van der Waals surface area contributed by atoms with Crippen LogP contribution in [0.2, 0.25) is 0 Å². The molecule has 5 nitrogen and oxygen atoms in total. The molecule has 1 aromatic carbocycles. The Bertz CT molecular complexity index is 610. The fourth-order valence-electron chi connectivity index (χ4n) is 1.98. The average molecular weight is 310 g/mol. The zero-order valence-corrected chi connectivity index (χ0v) is 11.4. The van der Waals surface area contributed by atoms with Crippen molar-refractivity contribution in [2.75, 3.05) is 6.79 Å². The molecule has 0 radical (unpaired) electrons. The molecule has 0 bridgehead atoms. The van der Waals surface area contributed by atoms with Crippen molar-refractivity contribution >= 4 is 15.9 Å². The monoisotopic (exact) mass is 309 g/mol. The molecule has 18 heavy (non-hydrogen) atoms. The Morgan fingerprint density at radius 1 is 1.39 bits per heavy atom. The van der Waals surface area contributed by atoms with Crippen molar-refractivity contribution < 1.29 is 9.47 Å². The number of nitrogens with zero attached hydrogens (tertiary/aromatic N) is 2. The molecule has 6 heteroatoms. The van der Waals surface area contributed by atoms with Crippen LogP contribution in [0.25, 0.3) is 11.3 Å². The van der Waals surface area contributed by atoms with Gasteiger partial charge in [-0.3, -0.25) is 4.68 Å². The number of hydrogen-bond acceptors (Lipinski definition) is 4. The Morgan fingerprint density at radius 3 is 2.89 bits per heavy atom. The summed E-state index contributed by atoms with van der Waals surface area (Å²) in [6.45, 7) is 0.713. The molecule has 94 valence electrons. The molecular formula is C12H12BrN3O2. The summed E-state index contributed by atoms with van der Waals surface area (Å²) in [5.74, 6) is 1.52. The molecule has 0 saturated carbocycles. The summed E-state index contributed by atoms with van der Waals surface area (Å²) in [5.41, 5.74) is 8.49. The highest BCUT2D eigenvalue weighted by Crippen LogP contribution is 2.38. The quantitative estimate of drug-likeness (QED) is 0.922. The van der Waals surface area contributed by atoms with Crippen LogP contribution in [0.4, 0.5) is 0 Å². The van der Waals surface area contributed by atoms with Crippen molar-refractivity contribution in [3.63, 3.8) is 0 Å². The van der Waals surface area contributed by atoms with Gasteiger partial charge in [0, 0.05) is 19.2 Å². The predicted octanol–water partition coefficient (Wildman–Crippen LogP) is 2.04. The number of halogens is 1. The van der Waals surface area contributed by atoms with Crippen molar-refractivity contribution in [2.45, 2.75) is 6.54 Å². The molecular weight excluding hydrogens is 298 g/mol. The van der Waals surface area contributed by atoms with Gasteiger partial charge in [0.25, 0.3) is 0 Å². The fourth-order valence-corrected chi connectivity index (χ4v) is 2.71. The van der Waals surface area contributed by atoms with Gasteiger partial charge in [0.2, 0.25) is 6.79 Å². The van der Waals surface area contributed by atoms with Gasteiger partial charge in [-0.1, -0.05) is 0 Å². The van der Waals surface area contributed by atoms with E-state index in [1.807, 2.05) is 25.2 Å². The smallest absolute Gasteiger partial charge is 0.231 e. The van der Waals surface area contributed by atoms with Gasteiger partial charge in [0.1, 0.15) is 5.69 Å². The maximum absolute atomic E-state index is 5.70. The van der Waals surface area contributed by atoms with E-state index < -0.39 is 0 Å². The highest BCUT2D eigenvalue weighted by Gasteiger charge is 2.18. The molecule has 0 fully saturated rings. The second-order valence-electron chi connectivity index (χ2n) is 4.01. The lowest BCUT2D eigenvalue weighted by Gasteiger charge is -2.00. The van der Waals surface area contributed by atoms with E-state index in [2.05, 4.69) is 21.0 Å². The highest BCUT2D eigenvalue weighted by molar-refractivity contribution is 9.10. The molecule has 2 heterocycles. The van der Waals surface area contributed by atoms with Crippen LogP contribution < -0.4 is 15.2 Å². The van der Waals surface area contributed by atoms with Crippen LogP contribution in [0.5, 0.6) is 11.5 Å². The van der Waals surface area contributed by atoms with Crippen LogP contribution in [0, 0.1) is 0 Å². The first kappa shape index (κ1) is 11.6. The van der Waals surface area contributed by atoms with E-state index in [9.17, 15) is 0 Å². The summed E-state index contributed by atoms with van der Waals surface area (Å²) >= 11 is 3.54. The Labute approximate surface area is 113 Å². The number of rotatable bonds is 2. The first-order valence-corrected chi connectivity index (χ1v) is 6.31. The van der Waals surface area contributed by atoms with Crippen LogP contribution in [0.15, 0.2) is 22.7 Å². The maximum Gasteiger partial charge on any atom is 0.231 e. The molecule has 1 aliphatic rings. The molecule has 2 N–H and O–H groups in total. The van der Waals surface area contributed by atoms with Crippen LogP contribution in [0.3, 0.4) is 0 Å². The lowest BCUT2D eigenvalue weighted by molar-refractivity contribution is 0.174. The van der Waals surface area contributed by atoms with E-state index in [-0.39, 0.29) is 6.79 Å². The number of hydrogen-bond donors (Lipinski definition) is 1. The number of fused-ring (bicyclic) bond motifs is 1. The Hall–Kier alpha value is -1.53. The Morgan fingerprint density at radius 2 is 2.17 bits per heavy atom. The summed E-state index contributed by atoms with van der Waals surface area (Å²) < 4.78 is 13.4. The van der Waals surface area contributed by atoms with Crippen LogP contribution in [0.1, 0.15) is 5.69 Å². The third-order valence-electron chi connectivity index (χ3n) is 2.94. The van der Waals surface area contributed by atoms with Gasteiger partial charge in [0.05, 0.1) is 10.2 Å². The minimum atomic E-state index is 0.274. The molecule has 2 aromatic rings. The molecule has 0 atom stereocenters. The molecule has 0 aliphatic carbocycles. The summed E-state index contributed by atoms with van der Waals surface area (Å²) in [6.07, 6.45) is 0. The van der Waals surface area contributed by atoms with Gasteiger partial charge in [-0.15, -0.1) is 0 Å². The third kappa shape index (κ3) is 1.69. The maximum atomic E-state index is 5.70. The largest absolute Gasteiger partial charge is 0.454 e. The Kier molecular flexibility index (Phi) is 2.76. The normalized spacial score (nSPS) is 13.1. The van der Waals surface area contributed by atoms with Crippen molar-refractivity contribution in [1.82, 2.24) is 9.78 Å². The van der Waals surface area contributed by atoms with Crippen LogP contribution in [-0.4, -0.2) is 16.6 Å². The minimum Gasteiger partial charge on any atom is -0.454 e. The van der Waals surface area contributed by atoms with E-state index in [4.69, 9.17) is 15.2 Å². The number of nitrogens with two attached hydrogens (primary N) is 1. The topological polar surface area (TPSA) is 62.3 Å². The van der Waals surface area contributed by atoms with Crippen molar-refractivity contribution in [3.05, 3.63) is 28.4 Å². The van der Waals surface area contributed by atoms with Gasteiger partial charge in [-0.2, -0.15) is 5.10 Å². The lowest BCUT2D eigenvalue weighted by Crippen LogP contribution is -2.04. The third-order valence-corrected chi connectivity index (χ3v) is 3.77. The number of aromatic nitrogens is 2. The van der Waals surface area contributed by atoms with E-state index in [1.54, 1.807) is 4.68 Å². The molecule has 0 saturated heterocycles. The van der Waals surface area contributed by atoms with Gasteiger partial charge < -0.3 is 15.2 Å². The van der Waals surface area contributed by atoms with E-state index in [0.717, 1.165) is 32.9 Å². The summed E-state index contributed by atoms with van der Waals surface area (Å²) in [5, 5.41) is 4.47. The van der Waals surface area contributed by atoms with Crippen molar-refractivity contribution in [1.29, 1.82) is 0 Å². The summed E-state index contributed by atoms with van der Waals surface area (Å²) in [7, 11) is 1.88. The standard InChI is InChI=1S/C12H12BrN3O2/c1-16-8(5-14)11(13)12(15-16)7-2-3-9-10(4-7)18-6-17-9/h2-4H,5-6,14H2,1H3. The first-order chi connectivity index (χ1) is 8.70. The van der Waals surface area contributed by atoms with E-state index in [1.165, 1.54) is 0 Å². The summed E-state index contributed by atoms with van der Waals surface area (Å²) in [6, 6.07) is 5.78. The van der Waals surface area contributed by atoms with E-state index >= 15 is 0 Å². The van der Waals surface area contributed by atoms with Crippen LogP contribution in [-0.2, 0) is 13.6 Å². The fraction of sp³-hybridized carbons (Fsp3) is 0.250. The predicted molar refractivity (Wildman–Crippen MR) is 70.4 cm³/mol. The van der Waals surface area contributed by atoms with Gasteiger partial charge in [-0.05, 0) is 34.1 Å². The molecule has 1 aromatic heterocycles. The van der Waals surface area contributed by atoms with Crippen molar-refractivity contribution in [2.24, 2.45) is 12.8 Å². The minimum absolute atomic E-state index is 0.274. The second-order valence-corrected chi connectivity index (χ2v) is 4.80. The SMILES string of the molecule is Cn1nc(-c2ccc3c(c2)OCO3)c(Br)c1CN. The zero-order valence-electron chi connectivity index (χ0n) is 9.81. The van der Waals surface area contributed by atoms with Crippen molar-refractivity contribution in [3.8, 4) is 22.8 Å². The van der Waals surface area contributed by atoms with E-state index in [0.29, 0.717) is 6.54 Å². The second kappa shape index (κ2) is 4.29.